The average molecular weight is 593 g/mol. The van der Waals surface area contributed by atoms with Gasteiger partial charge in [0.15, 0.2) is 0 Å². The van der Waals surface area contributed by atoms with Crippen LogP contribution in [0.15, 0.2) is 80.7 Å². The maximum atomic E-state index is 13.7. The van der Waals surface area contributed by atoms with E-state index < -0.39 is 11.5 Å². The van der Waals surface area contributed by atoms with Crippen LogP contribution in [-0.2, 0) is 6.54 Å². The van der Waals surface area contributed by atoms with Gasteiger partial charge in [-0.05, 0) is 61.6 Å². The second-order valence-electron chi connectivity index (χ2n) is 12.5. The van der Waals surface area contributed by atoms with Gasteiger partial charge in [0, 0.05) is 61.4 Å². The van der Waals surface area contributed by atoms with Gasteiger partial charge in [0.05, 0.1) is 11.4 Å². The molecule has 9 heteroatoms. The Morgan fingerprint density at radius 1 is 0.909 bits per heavy atom. The SMILES string of the molecule is CN(C(=O)c1ccc(N2C[C@H]3C[C@@H](C2)c2cccc(=O)n2C3)c(NC(=O)c2cc3ccccc3oc2=O)c1)C1CCCCC1. The van der Waals surface area contributed by atoms with Crippen LogP contribution >= 0.6 is 0 Å². The summed E-state index contributed by atoms with van der Waals surface area (Å²) >= 11 is 0. The lowest BCUT2D eigenvalue weighted by Gasteiger charge is -2.44. The number of benzene rings is 2. The van der Waals surface area contributed by atoms with E-state index in [-0.39, 0.29) is 34.9 Å². The predicted molar refractivity (Wildman–Crippen MR) is 170 cm³/mol. The molecule has 1 saturated heterocycles. The molecule has 44 heavy (non-hydrogen) atoms. The first-order valence-corrected chi connectivity index (χ1v) is 15.6. The molecule has 3 aliphatic rings. The lowest BCUT2D eigenvalue weighted by molar-refractivity contribution is 0.0696. The summed E-state index contributed by atoms with van der Waals surface area (Å²) in [6.07, 6.45) is 6.39. The number of nitrogens with zero attached hydrogens (tertiary/aromatic N) is 3. The molecule has 2 bridgehead atoms. The van der Waals surface area contributed by atoms with Gasteiger partial charge >= 0.3 is 5.63 Å². The van der Waals surface area contributed by atoms with E-state index in [2.05, 4.69) is 10.2 Å². The molecule has 2 fully saturated rings. The molecule has 0 radical (unpaired) electrons. The summed E-state index contributed by atoms with van der Waals surface area (Å²) in [5.41, 5.74) is 2.37. The number of pyridine rings is 1. The van der Waals surface area contributed by atoms with Gasteiger partial charge in [-0.3, -0.25) is 14.4 Å². The van der Waals surface area contributed by atoms with Crippen molar-refractivity contribution in [2.24, 2.45) is 5.92 Å². The highest BCUT2D eigenvalue weighted by molar-refractivity contribution is 6.08. The van der Waals surface area contributed by atoms with Gasteiger partial charge in [-0.1, -0.05) is 43.5 Å². The first kappa shape index (κ1) is 28.1. The van der Waals surface area contributed by atoms with E-state index in [1.807, 2.05) is 46.8 Å². The van der Waals surface area contributed by atoms with Gasteiger partial charge in [0.25, 0.3) is 17.4 Å². The van der Waals surface area contributed by atoms with Crippen LogP contribution < -0.4 is 21.4 Å². The highest BCUT2D eigenvalue weighted by atomic mass is 16.4. The molecular weight excluding hydrogens is 556 g/mol. The van der Waals surface area contributed by atoms with Gasteiger partial charge in [-0.25, -0.2) is 4.79 Å². The fourth-order valence-electron chi connectivity index (χ4n) is 7.39. The van der Waals surface area contributed by atoms with Crippen LogP contribution in [0, 0.1) is 5.92 Å². The molecule has 2 amide bonds. The monoisotopic (exact) mass is 592 g/mol. The molecule has 1 aliphatic carbocycles. The van der Waals surface area contributed by atoms with E-state index in [1.54, 1.807) is 36.4 Å². The molecule has 226 valence electrons. The number of hydrogen-bond donors (Lipinski definition) is 1. The zero-order valence-corrected chi connectivity index (χ0v) is 24.8. The van der Waals surface area contributed by atoms with E-state index >= 15 is 0 Å². The Balaban J connectivity index is 1.24. The smallest absolute Gasteiger partial charge is 0.349 e. The number of nitrogens with one attached hydrogen (secondary N) is 1. The summed E-state index contributed by atoms with van der Waals surface area (Å²) in [5.74, 6) is -0.263. The Hall–Kier alpha value is -4.66. The van der Waals surface area contributed by atoms with Crippen LogP contribution in [0.4, 0.5) is 11.4 Å². The lowest BCUT2D eigenvalue weighted by atomic mass is 9.83. The molecule has 7 rings (SSSR count). The summed E-state index contributed by atoms with van der Waals surface area (Å²) in [4.78, 5) is 56.8. The van der Waals surface area contributed by atoms with E-state index in [1.165, 1.54) is 6.42 Å². The summed E-state index contributed by atoms with van der Waals surface area (Å²) in [6, 6.07) is 19.7. The van der Waals surface area contributed by atoms with Crippen molar-refractivity contribution in [2.45, 2.75) is 57.0 Å². The molecule has 1 saturated carbocycles. The van der Waals surface area contributed by atoms with Crippen molar-refractivity contribution in [3.05, 3.63) is 104 Å². The predicted octanol–water partition coefficient (Wildman–Crippen LogP) is 5.24. The van der Waals surface area contributed by atoms with Crippen molar-refractivity contribution >= 4 is 34.2 Å². The minimum atomic E-state index is -0.721. The second kappa shape index (κ2) is 11.4. The Labute approximate surface area is 255 Å². The van der Waals surface area contributed by atoms with Crippen molar-refractivity contribution in [2.75, 3.05) is 30.4 Å². The Kier molecular flexibility index (Phi) is 7.32. The average Bonchev–Trinajstić information content (AvgIpc) is 3.04. The van der Waals surface area contributed by atoms with E-state index in [4.69, 9.17) is 4.42 Å². The minimum absolute atomic E-state index is 0.0257. The molecule has 2 aliphatic heterocycles. The summed E-state index contributed by atoms with van der Waals surface area (Å²) in [7, 11) is 1.86. The summed E-state index contributed by atoms with van der Waals surface area (Å²) in [5, 5.41) is 3.62. The van der Waals surface area contributed by atoms with Crippen molar-refractivity contribution < 1.29 is 14.0 Å². The molecule has 4 aromatic rings. The third kappa shape index (κ3) is 5.20. The van der Waals surface area contributed by atoms with Crippen LogP contribution in [0.3, 0.4) is 0 Å². The van der Waals surface area contributed by atoms with Gasteiger partial charge in [-0.2, -0.15) is 0 Å². The number of carbonyl (C=O) groups excluding carboxylic acids is 2. The van der Waals surface area contributed by atoms with E-state index in [0.29, 0.717) is 41.9 Å². The standard InChI is InChI=1S/C35H36N4O5/c1-37(26-9-3-2-4-10-26)34(42)24-14-15-30(38-19-22-16-25(21-38)29-11-7-13-32(40)39(29)20-22)28(18-24)36-33(41)27-17-23-8-5-6-12-31(23)44-35(27)43/h5-8,11-15,17-18,22,25-26H,2-4,9-10,16,19-21H2,1H3,(H,36,41)/t22-,25+/m1/s1. The Bertz CT molecular complexity index is 1870. The zero-order valence-electron chi connectivity index (χ0n) is 24.8. The fraction of sp³-hybridized carbons (Fsp3) is 0.371. The number of aromatic nitrogens is 1. The number of para-hydroxylation sites is 1. The molecule has 0 unspecified atom stereocenters. The third-order valence-electron chi connectivity index (χ3n) is 9.64. The fourth-order valence-corrected chi connectivity index (χ4v) is 7.39. The van der Waals surface area contributed by atoms with E-state index in [0.717, 1.165) is 43.5 Å². The molecule has 2 atom stereocenters. The molecule has 2 aromatic carbocycles. The maximum Gasteiger partial charge on any atom is 0.349 e. The van der Waals surface area contributed by atoms with Crippen molar-refractivity contribution in [3.8, 4) is 0 Å². The lowest BCUT2D eigenvalue weighted by Crippen LogP contribution is -2.47. The van der Waals surface area contributed by atoms with Gasteiger partial charge in [0.2, 0.25) is 0 Å². The number of amides is 2. The van der Waals surface area contributed by atoms with Gasteiger partial charge in [-0.15, -0.1) is 0 Å². The minimum Gasteiger partial charge on any atom is -0.422 e. The van der Waals surface area contributed by atoms with Gasteiger partial charge in [0.1, 0.15) is 11.1 Å². The maximum absolute atomic E-state index is 13.7. The van der Waals surface area contributed by atoms with E-state index in [9.17, 15) is 19.2 Å². The second-order valence-corrected chi connectivity index (χ2v) is 12.5. The molecule has 2 aromatic heterocycles. The van der Waals surface area contributed by atoms with Gasteiger partial charge < -0.3 is 24.1 Å². The first-order chi connectivity index (χ1) is 21.4. The summed E-state index contributed by atoms with van der Waals surface area (Å²) in [6.45, 7) is 2.01. The molecule has 1 N–H and O–H groups in total. The third-order valence-corrected chi connectivity index (χ3v) is 9.64. The highest BCUT2D eigenvalue weighted by Crippen LogP contribution is 2.39. The number of carbonyl (C=O) groups is 2. The number of anilines is 2. The number of hydrogen-bond acceptors (Lipinski definition) is 6. The Morgan fingerprint density at radius 3 is 2.57 bits per heavy atom. The normalized spacial score (nSPS) is 19.8. The number of rotatable bonds is 5. The molecular formula is C35H36N4O5. The topological polar surface area (TPSA) is 105 Å². The van der Waals surface area contributed by atoms with Crippen LogP contribution in [0.25, 0.3) is 11.0 Å². The molecule has 4 heterocycles. The van der Waals surface area contributed by atoms with Crippen molar-refractivity contribution in [3.63, 3.8) is 0 Å². The quantitative estimate of drug-likeness (QED) is 0.318. The zero-order chi connectivity index (χ0) is 30.4. The summed E-state index contributed by atoms with van der Waals surface area (Å²) < 4.78 is 7.33. The van der Waals surface area contributed by atoms with Crippen LogP contribution in [0.5, 0.6) is 0 Å². The van der Waals surface area contributed by atoms with Crippen molar-refractivity contribution in [1.82, 2.24) is 9.47 Å². The van der Waals surface area contributed by atoms with Crippen LogP contribution in [-0.4, -0.2) is 47.5 Å². The first-order valence-electron chi connectivity index (χ1n) is 15.6. The van der Waals surface area contributed by atoms with Crippen LogP contribution in [0.2, 0.25) is 0 Å². The van der Waals surface area contributed by atoms with Crippen molar-refractivity contribution in [1.29, 1.82) is 0 Å². The van der Waals surface area contributed by atoms with Crippen LogP contribution in [0.1, 0.15) is 70.9 Å². The molecule has 9 nitrogen and oxygen atoms in total. The Morgan fingerprint density at radius 2 is 1.73 bits per heavy atom. The number of fused-ring (bicyclic) bond motifs is 5. The highest BCUT2D eigenvalue weighted by Gasteiger charge is 2.36. The number of piperidine rings is 1. The largest absolute Gasteiger partial charge is 0.422 e. The molecule has 0 spiro atoms.